The first-order valence-electron chi connectivity index (χ1n) is 6.07. The number of aromatic hydroxyl groups is 1. The monoisotopic (exact) mass is 364 g/mol. The van der Waals surface area contributed by atoms with Gasteiger partial charge >= 0.3 is 0 Å². The molecule has 0 radical (unpaired) electrons. The lowest BCUT2D eigenvalue weighted by atomic mass is 9.98. The van der Waals surface area contributed by atoms with Gasteiger partial charge in [-0.3, -0.25) is 0 Å². The van der Waals surface area contributed by atoms with E-state index in [2.05, 4.69) is 52.9 Å². The Kier molecular flexibility index (Phi) is 3.22. The minimum atomic E-state index is -0.0611. The fraction of sp³-hybridized carbons (Fsp3) is 0.125. The average molecular weight is 364 g/mol. The number of rotatable bonds is 1. The summed E-state index contributed by atoms with van der Waals surface area (Å²) in [5.41, 5.74) is 3.22. The van der Waals surface area contributed by atoms with Gasteiger partial charge in [-0.2, -0.15) is 0 Å². The molecule has 3 heteroatoms. The van der Waals surface area contributed by atoms with Crippen LogP contribution in [0.3, 0.4) is 0 Å². The summed E-state index contributed by atoms with van der Waals surface area (Å²) in [4.78, 5) is 0. The lowest BCUT2D eigenvalue weighted by Gasteiger charge is -2.24. The molecule has 0 bridgehead atoms. The van der Waals surface area contributed by atoms with Crippen molar-refractivity contribution >= 4 is 28.2 Å². The van der Waals surface area contributed by atoms with Crippen molar-refractivity contribution < 1.29 is 9.84 Å². The lowest BCUT2D eigenvalue weighted by Crippen LogP contribution is -2.10. The van der Waals surface area contributed by atoms with Gasteiger partial charge in [0.15, 0.2) is 0 Å². The Labute approximate surface area is 125 Å². The van der Waals surface area contributed by atoms with Gasteiger partial charge in [0.25, 0.3) is 0 Å². The predicted octanol–water partition coefficient (Wildman–Crippen LogP) is 4.53. The quantitative estimate of drug-likeness (QED) is 0.754. The summed E-state index contributed by atoms with van der Waals surface area (Å²) in [5, 5.41) is 9.54. The Morgan fingerprint density at radius 1 is 1.11 bits per heavy atom. The second-order valence-corrected chi connectivity index (χ2v) is 5.87. The molecule has 0 aliphatic carbocycles. The number of hydrogen-bond donors (Lipinski definition) is 1. The molecule has 1 aliphatic rings. The Morgan fingerprint density at radius 3 is 2.58 bits per heavy atom. The van der Waals surface area contributed by atoms with E-state index < -0.39 is 0 Å². The molecule has 3 rings (SSSR count). The van der Waals surface area contributed by atoms with E-state index in [0.717, 1.165) is 22.4 Å². The van der Waals surface area contributed by atoms with Crippen LogP contribution >= 0.6 is 22.6 Å². The van der Waals surface area contributed by atoms with Gasteiger partial charge in [0.2, 0.25) is 0 Å². The van der Waals surface area contributed by atoms with Crippen molar-refractivity contribution in [3.8, 4) is 11.5 Å². The summed E-state index contributed by atoms with van der Waals surface area (Å²) in [6, 6.07) is 13.5. The van der Waals surface area contributed by atoms with Gasteiger partial charge in [0, 0.05) is 9.13 Å². The highest BCUT2D eigenvalue weighted by Crippen LogP contribution is 2.38. The van der Waals surface area contributed by atoms with E-state index in [4.69, 9.17) is 4.74 Å². The van der Waals surface area contributed by atoms with Crippen molar-refractivity contribution in [2.24, 2.45) is 0 Å². The van der Waals surface area contributed by atoms with Crippen LogP contribution in [-0.4, -0.2) is 5.11 Å². The SMILES string of the molecule is CC1=CC(c2ccc(I)cc2)Oc2ccc(O)cc21. The van der Waals surface area contributed by atoms with Crippen molar-refractivity contribution in [1.82, 2.24) is 0 Å². The van der Waals surface area contributed by atoms with Gasteiger partial charge in [-0.25, -0.2) is 0 Å². The van der Waals surface area contributed by atoms with Crippen LogP contribution in [0.25, 0.3) is 5.57 Å². The van der Waals surface area contributed by atoms with E-state index in [1.807, 2.05) is 13.0 Å². The molecule has 0 saturated heterocycles. The maximum absolute atomic E-state index is 9.54. The first-order chi connectivity index (χ1) is 9.13. The number of allylic oxidation sites excluding steroid dienone is 1. The van der Waals surface area contributed by atoms with Crippen LogP contribution in [0.2, 0.25) is 0 Å². The van der Waals surface area contributed by atoms with Gasteiger partial charge in [0.05, 0.1) is 0 Å². The van der Waals surface area contributed by atoms with Gasteiger partial charge in [-0.1, -0.05) is 12.1 Å². The molecular weight excluding hydrogens is 351 g/mol. The number of phenolic OH excluding ortho intramolecular Hbond substituents is 1. The van der Waals surface area contributed by atoms with Gasteiger partial charge < -0.3 is 9.84 Å². The van der Waals surface area contributed by atoms with Crippen LogP contribution in [0.15, 0.2) is 48.5 Å². The van der Waals surface area contributed by atoms with E-state index in [-0.39, 0.29) is 11.9 Å². The third kappa shape index (κ3) is 2.47. The molecule has 0 saturated carbocycles. The van der Waals surface area contributed by atoms with Crippen molar-refractivity contribution in [3.63, 3.8) is 0 Å². The molecule has 0 spiro atoms. The number of fused-ring (bicyclic) bond motifs is 1. The molecule has 0 aromatic heterocycles. The van der Waals surface area contributed by atoms with Gasteiger partial charge in [0.1, 0.15) is 17.6 Å². The number of halogens is 1. The van der Waals surface area contributed by atoms with Crippen molar-refractivity contribution in [1.29, 1.82) is 0 Å². The molecule has 2 aromatic rings. The van der Waals surface area contributed by atoms with Crippen molar-refractivity contribution in [2.45, 2.75) is 13.0 Å². The minimum Gasteiger partial charge on any atom is -0.508 e. The molecule has 19 heavy (non-hydrogen) atoms. The fourth-order valence-corrected chi connectivity index (χ4v) is 2.59. The summed E-state index contributed by atoms with van der Waals surface area (Å²) in [7, 11) is 0. The zero-order chi connectivity index (χ0) is 13.4. The third-order valence-corrected chi connectivity index (χ3v) is 3.96. The molecule has 2 aromatic carbocycles. The molecule has 2 nitrogen and oxygen atoms in total. The first-order valence-corrected chi connectivity index (χ1v) is 7.15. The van der Waals surface area contributed by atoms with E-state index in [1.165, 1.54) is 3.57 Å². The predicted molar refractivity (Wildman–Crippen MR) is 84.3 cm³/mol. The standard InChI is InChI=1S/C16H13IO2/c1-10-8-16(11-2-4-12(17)5-3-11)19-15-7-6-13(18)9-14(10)15/h2-9,16,18H,1H3. The van der Waals surface area contributed by atoms with Crippen LogP contribution in [0.4, 0.5) is 0 Å². The normalized spacial score (nSPS) is 17.4. The highest BCUT2D eigenvalue weighted by atomic mass is 127. The minimum absolute atomic E-state index is 0.0611. The van der Waals surface area contributed by atoms with E-state index >= 15 is 0 Å². The Balaban J connectivity index is 1.99. The molecule has 1 heterocycles. The zero-order valence-corrected chi connectivity index (χ0v) is 12.6. The van der Waals surface area contributed by atoms with Crippen molar-refractivity contribution in [2.75, 3.05) is 0 Å². The average Bonchev–Trinajstić information content (AvgIpc) is 2.40. The van der Waals surface area contributed by atoms with Crippen LogP contribution in [0.5, 0.6) is 11.5 Å². The van der Waals surface area contributed by atoms with Crippen LogP contribution in [0.1, 0.15) is 24.2 Å². The molecule has 1 aliphatic heterocycles. The Hall–Kier alpha value is -1.49. The summed E-state index contributed by atoms with van der Waals surface area (Å²) >= 11 is 2.29. The van der Waals surface area contributed by atoms with Crippen molar-refractivity contribution in [3.05, 3.63) is 63.2 Å². The smallest absolute Gasteiger partial charge is 0.143 e. The molecular formula is C16H13IO2. The number of hydrogen-bond acceptors (Lipinski definition) is 2. The molecule has 96 valence electrons. The first kappa shape index (κ1) is 12.5. The van der Waals surface area contributed by atoms with E-state index in [0.29, 0.717) is 0 Å². The molecule has 0 fully saturated rings. The topological polar surface area (TPSA) is 29.5 Å². The Bertz CT molecular complexity index is 644. The maximum Gasteiger partial charge on any atom is 0.143 e. The zero-order valence-electron chi connectivity index (χ0n) is 10.4. The summed E-state index contributed by atoms with van der Waals surface area (Å²) in [5.74, 6) is 1.09. The number of phenols is 1. The highest BCUT2D eigenvalue weighted by Gasteiger charge is 2.20. The summed E-state index contributed by atoms with van der Waals surface area (Å²) < 4.78 is 7.20. The third-order valence-electron chi connectivity index (χ3n) is 3.24. The summed E-state index contributed by atoms with van der Waals surface area (Å²) in [6.45, 7) is 2.04. The lowest BCUT2D eigenvalue weighted by molar-refractivity contribution is 0.250. The van der Waals surface area contributed by atoms with Crippen LogP contribution < -0.4 is 4.74 Å². The number of benzene rings is 2. The fourth-order valence-electron chi connectivity index (χ4n) is 2.23. The molecule has 0 amide bonds. The van der Waals surface area contributed by atoms with E-state index in [1.54, 1.807) is 12.1 Å². The molecule has 1 atom stereocenters. The second kappa shape index (κ2) is 4.89. The largest absolute Gasteiger partial charge is 0.508 e. The van der Waals surface area contributed by atoms with Crippen LogP contribution in [-0.2, 0) is 0 Å². The molecule has 1 N–H and O–H groups in total. The molecule has 1 unspecified atom stereocenters. The second-order valence-electron chi connectivity index (χ2n) is 4.62. The van der Waals surface area contributed by atoms with Gasteiger partial charge in [-0.15, -0.1) is 0 Å². The van der Waals surface area contributed by atoms with E-state index in [9.17, 15) is 5.11 Å². The maximum atomic E-state index is 9.54. The van der Waals surface area contributed by atoms with Gasteiger partial charge in [-0.05, 0) is 77.1 Å². The number of ether oxygens (including phenoxy) is 1. The Morgan fingerprint density at radius 2 is 1.84 bits per heavy atom. The highest BCUT2D eigenvalue weighted by molar-refractivity contribution is 14.1. The van der Waals surface area contributed by atoms with Crippen LogP contribution in [0, 0.1) is 3.57 Å². The summed E-state index contributed by atoms with van der Waals surface area (Å²) in [6.07, 6.45) is 2.03.